The molecular formula is C21H33NO5SSi. The van der Waals surface area contributed by atoms with Crippen LogP contribution in [0.3, 0.4) is 0 Å². The minimum Gasteiger partial charge on any atom is -0.465 e. The standard InChI is InChI=1S/C21H33NO5SSi/c1-14-11-21(8-9-22(14)19(24)25)18-15(7-10-26-21)16(17(12-23)28-18)13-27-29(5,6)20(2,3)4/h12,14H,7-11,13H2,1-6H3,(H,24,25)/t14-,21+/m0/s1. The number of rotatable bonds is 4. The molecule has 0 unspecified atom stereocenters. The summed E-state index contributed by atoms with van der Waals surface area (Å²) in [7, 11) is -1.94. The van der Waals surface area contributed by atoms with Gasteiger partial charge in [0.1, 0.15) is 5.60 Å². The SMILES string of the molecule is C[C@H]1C[C@@]2(CCN1C(=O)O)OCCc1c2sc(C=O)c1CO[Si](C)(C)C(C)(C)C. The number of carbonyl (C=O) groups is 2. The molecule has 2 aliphatic rings. The smallest absolute Gasteiger partial charge is 0.407 e. The first-order valence-corrected chi connectivity index (χ1v) is 14.0. The van der Waals surface area contributed by atoms with Gasteiger partial charge in [-0.15, -0.1) is 11.3 Å². The van der Waals surface area contributed by atoms with Crippen LogP contribution in [0.4, 0.5) is 4.79 Å². The number of fused-ring (bicyclic) bond motifs is 2. The van der Waals surface area contributed by atoms with Gasteiger partial charge in [0.25, 0.3) is 0 Å². The summed E-state index contributed by atoms with van der Waals surface area (Å²) in [4.78, 5) is 26.7. The monoisotopic (exact) mass is 439 g/mol. The van der Waals surface area contributed by atoms with Gasteiger partial charge < -0.3 is 19.2 Å². The van der Waals surface area contributed by atoms with Crippen LogP contribution in [0, 0.1) is 0 Å². The zero-order chi connectivity index (χ0) is 21.6. The zero-order valence-corrected chi connectivity index (χ0v) is 20.1. The number of carboxylic acid groups (broad SMARTS) is 1. The van der Waals surface area contributed by atoms with E-state index in [0.717, 1.165) is 28.0 Å². The van der Waals surface area contributed by atoms with Crippen molar-refractivity contribution < 1.29 is 23.9 Å². The van der Waals surface area contributed by atoms with Gasteiger partial charge in [-0.1, -0.05) is 20.8 Å². The first kappa shape index (κ1) is 22.5. The van der Waals surface area contributed by atoms with E-state index >= 15 is 0 Å². The maximum atomic E-state index is 11.9. The molecule has 162 valence electrons. The molecule has 2 aliphatic heterocycles. The number of piperidine rings is 1. The molecule has 1 spiro atoms. The van der Waals surface area contributed by atoms with Crippen molar-refractivity contribution in [2.45, 2.75) is 83.3 Å². The second kappa shape index (κ2) is 7.79. The molecule has 1 N–H and O–H groups in total. The van der Waals surface area contributed by atoms with Crippen molar-refractivity contribution in [2.24, 2.45) is 0 Å². The van der Waals surface area contributed by atoms with Gasteiger partial charge in [0, 0.05) is 29.4 Å². The van der Waals surface area contributed by atoms with Crippen LogP contribution in [0.1, 0.15) is 66.2 Å². The predicted molar refractivity (Wildman–Crippen MR) is 116 cm³/mol. The number of hydrogen-bond acceptors (Lipinski definition) is 5. The summed E-state index contributed by atoms with van der Waals surface area (Å²) < 4.78 is 12.7. The van der Waals surface area contributed by atoms with Crippen molar-refractivity contribution in [1.29, 1.82) is 0 Å². The Morgan fingerprint density at radius 1 is 1.45 bits per heavy atom. The third-order valence-electron chi connectivity index (χ3n) is 6.94. The number of carbonyl (C=O) groups excluding carboxylic acids is 1. The summed E-state index contributed by atoms with van der Waals surface area (Å²) >= 11 is 1.51. The summed E-state index contributed by atoms with van der Waals surface area (Å²) in [5.74, 6) is 0. The minimum atomic E-state index is -1.94. The molecule has 0 aliphatic carbocycles. The highest BCUT2D eigenvalue weighted by Crippen LogP contribution is 2.49. The van der Waals surface area contributed by atoms with Crippen LogP contribution in [0.25, 0.3) is 0 Å². The lowest BCUT2D eigenvalue weighted by Gasteiger charge is -2.46. The molecule has 1 aromatic rings. The molecule has 0 bridgehead atoms. The lowest BCUT2D eigenvalue weighted by Crippen LogP contribution is -2.52. The summed E-state index contributed by atoms with van der Waals surface area (Å²) in [5, 5.41) is 9.52. The first-order valence-electron chi connectivity index (χ1n) is 10.3. The highest BCUT2D eigenvalue weighted by molar-refractivity contribution is 7.14. The second-order valence-corrected chi connectivity index (χ2v) is 15.7. The van der Waals surface area contributed by atoms with Crippen molar-refractivity contribution in [1.82, 2.24) is 4.90 Å². The van der Waals surface area contributed by atoms with E-state index in [0.29, 0.717) is 32.6 Å². The van der Waals surface area contributed by atoms with Gasteiger partial charge in [-0.2, -0.15) is 0 Å². The molecule has 29 heavy (non-hydrogen) atoms. The maximum Gasteiger partial charge on any atom is 0.407 e. The Hall–Kier alpha value is -1.22. The third-order valence-corrected chi connectivity index (χ3v) is 12.8. The molecule has 3 heterocycles. The molecule has 2 atom stereocenters. The van der Waals surface area contributed by atoms with E-state index in [1.54, 1.807) is 0 Å². The van der Waals surface area contributed by atoms with Crippen LogP contribution in [-0.4, -0.2) is 49.9 Å². The molecule has 1 aromatic heterocycles. The van der Waals surface area contributed by atoms with Crippen molar-refractivity contribution in [3.63, 3.8) is 0 Å². The van der Waals surface area contributed by atoms with Crippen LogP contribution in [0.15, 0.2) is 0 Å². The number of amides is 1. The Balaban J connectivity index is 1.92. The van der Waals surface area contributed by atoms with E-state index in [4.69, 9.17) is 9.16 Å². The number of nitrogens with zero attached hydrogens (tertiary/aromatic N) is 1. The molecule has 0 radical (unpaired) electrons. The molecule has 8 heteroatoms. The van der Waals surface area contributed by atoms with E-state index in [9.17, 15) is 14.7 Å². The molecule has 1 saturated heterocycles. The fraction of sp³-hybridized carbons (Fsp3) is 0.714. The fourth-order valence-electron chi connectivity index (χ4n) is 4.12. The van der Waals surface area contributed by atoms with Gasteiger partial charge in [-0.25, -0.2) is 4.79 Å². The van der Waals surface area contributed by atoms with E-state index in [1.165, 1.54) is 21.8 Å². The van der Waals surface area contributed by atoms with Crippen LogP contribution in [-0.2, 0) is 27.8 Å². The van der Waals surface area contributed by atoms with Crippen LogP contribution in [0.2, 0.25) is 18.1 Å². The van der Waals surface area contributed by atoms with Gasteiger partial charge >= 0.3 is 6.09 Å². The number of thiophene rings is 1. The average molecular weight is 440 g/mol. The number of likely N-dealkylation sites (tertiary alicyclic amines) is 1. The largest absolute Gasteiger partial charge is 0.465 e. The summed E-state index contributed by atoms with van der Waals surface area (Å²) in [6, 6.07) is -0.124. The van der Waals surface area contributed by atoms with Crippen molar-refractivity contribution >= 4 is 32.0 Å². The summed E-state index contributed by atoms with van der Waals surface area (Å²) in [5.41, 5.74) is 1.72. The highest BCUT2D eigenvalue weighted by atomic mass is 32.1. The molecule has 6 nitrogen and oxygen atoms in total. The molecule has 3 rings (SSSR count). The van der Waals surface area contributed by atoms with Gasteiger partial charge in [-0.3, -0.25) is 4.79 Å². The number of aldehydes is 1. The summed E-state index contributed by atoms with van der Waals surface area (Å²) in [6.07, 6.45) is 2.07. The van der Waals surface area contributed by atoms with Gasteiger partial charge in [0.15, 0.2) is 14.6 Å². The molecule has 1 amide bonds. The minimum absolute atomic E-state index is 0.105. The molecular weight excluding hydrogens is 406 g/mol. The number of ether oxygens (including phenoxy) is 1. The van der Waals surface area contributed by atoms with Crippen LogP contribution in [0.5, 0.6) is 0 Å². The maximum absolute atomic E-state index is 11.9. The van der Waals surface area contributed by atoms with E-state index < -0.39 is 20.0 Å². The Kier molecular flexibility index (Phi) is 6.04. The van der Waals surface area contributed by atoms with E-state index in [-0.39, 0.29) is 11.1 Å². The lowest BCUT2D eigenvalue weighted by atomic mass is 9.81. The van der Waals surface area contributed by atoms with Crippen molar-refractivity contribution in [2.75, 3.05) is 13.2 Å². The molecule has 0 saturated carbocycles. The van der Waals surface area contributed by atoms with E-state index in [2.05, 4.69) is 33.9 Å². The topological polar surface area (TPSA) is 76.1 Å². The molecule has 1 fully saturated rings. The summed E-state index contributed by atoms with van der Waals surface area (Å²) in [6.45, 7) is 14.5. The number of hydrogen-bond donors (Lipinski definition) is 1. The Labute approximate surface area is 178 Å². The fourth-order valence-corrected chi connectivity index (χ4v) is 6.41. The lowest BCUT2D eigenvalue weighted by molar-refractivity contribution is -0.104. The Bertz CT molecular complexity index is 800. The third kappa shape index (κ3) is 4.04. The normalized spacial score (nSPS) is 25.2. The van der Waals surface area contributed by atoms with Gasteiger partial charge in [-0.05, 0) is 43.5 Å². The second-order valence-electron chi connectivity index (χ2n) is 9.79. The van der Waals surface area contributed by atoms with E-state index in [1.807, 2.05) is 6.92 Å². The Morgan fingerprint density at radius 3 is 2.69 bits per heavy atom. The zero-order valence-electron chi connectivity index (χ0n) is 18.3. The van der Waals surface area contributed by atoms with Crippen LogP contribution < -0.4 is 0 Å². The average Bonchev–Trinajstić information content (AvgIpc) is 2.98. The highest BCUT2D eigenvalue weighted by Gasteiger charge is 2.47. The van der Waals surface area contributed by atoms with Crippen molar-refractivity contribution in [3.05, 3.63) is 20.9 Å². The molecule has 0 aromatic carbocycles. The Morgan fingerprint density at radius 2 is 2.14 bits per heavy atom. The predicted octanol–water partition coefficient (Wildman–Crippen LogP) is 5.01. The van der Waals surface area contributed by atoms with Gasteiger partial charge in [0.05, 0.1) is 18.1 Å². The van der Waals surface area contributed by atoms with Gasteiger partial charge in [0.2, 0.25) is 0 Å². The first-order chi connectivity index (χ1) is 13.4. The quantitative estimate of drug-likeness (QED) is 0.527. The van der Waals surface area contributed by atoms with Crippen molar-refractivity contribution in [3.8, 4) is 0 Å². The van der Waals surface area contributed by atoms with Crippen LogP contribution >= 0.6 is 11.3 Å².